The van der Waals surface area contributed by atoms with E-state index in [2.05, 4.69) is 5.32 Å². The second-order valence-electron chi connectivity index (χ2n) is 6.89. The Morgan fingerprint density at radius 2 is 1.96 bits per heavy atom. The van der Waals surface area contributed by atoms with Crippen LogP contribution in [0.3, 0.4) is 0 Å². The molecular weight excluding hydrogens is 400 g/mol. The molecule has 1 aliphatic heterocycles. The first-order valence-corrected chi connectivity index (χ1v) is 11.2. The molecule has 2 atom stereocenters. The van der Waals surface area contributed by atoms with E-state index < -0.39 is 16.1 Å². The van der Waals surface area contributed by atoms with Gasteiger partial charge in [0.25, 0.3) is 5.91 Å². The maximum absolute atomic E-state index is 12.9. The molecule has 2 aromatic carbocycles. The number of aryl methyl sites for hydroxylation is 1. The normalized spacial score (nSPS) is 17.4. The lowest BCUT2D eigenvalue weighted by Crippen LogP contribution is -2.51. The largest absolute Gasteiger partial charge is 0.476 e. The number of hydrogen-bond acceptors (Lipinski definition) is 4. The third kappa shape index (κ3) is 4.42. The lowest BCUT2D eigenvalue weighted by atomic mass is 10.0. The van der Waals surface area contributed by atoms with Crippen LogP contribution in [-0.2, 0) is 14.8 Å². The predicted octanol–water partition coefficient (Wildman–Crippen LogP) is 3.44. The monoisotopic (exact) mass is 422 g/mol. The molecule has 3 rings (SSSR count). The Labute approximate surface area is 170 Å². The molecule has 1 heterocycles. The number of hydrogen-bond donors (Lipinski definition) is 1. The van der Waals surface area contributed by atoms with Gasteiger partial charge < -0.3 is 10.1 Å². The Hall–Kier alpha value is -2.25. The molecule has 0 radical (unpaired) electrons. The minimum absolute atomic E-state index is 0.109. The summed E-state index contributed by atoms with van der Waals surface area (Å²) in [5.74, 6) is -0.0497. The number of nitrogens with zero attached hydrogens (tertiary/aromatic N) is 1. The lowest BCUT2D eigenvalue weighted by molar-refractivity contribution is -0.128. The zero-order valence-corrected chi connectivity index (χ0v) is 17.5. The molecule has 1 N–H and O–H groups in total. The first kappa shape index (κ1) is 20.5. The highest BCUT2D eigenvalue weighted by atomic mass is 35.5. The molecule has 150 valence electrons. The van der Waals surface area contributed by atoms with Gasteiger partial charge in [0.15, 0.2) is 6.10 Å². The smallest absolute Gasteiger partial charge is 0.263 e. The van der Waals surface area contributed by atoms with Crippen LogP contribution in [-0.4, -0.2) is 33.2 Å². The van der Waals surface area contributed by atoms with Crippen molar-refractivity contribution in [2.45, 2.75) is 32.4 Å². The Morgan fingerprint density at radius 3 is 2.57 bits per heavy atom. The molecule has 1 aliphatic rings. The van der Waals surface area contributed by atoms with E-state index in [9.17, 15) is 13.2 Å². The van der Waals surface area contributed by atoms with Gasteiger partial charge in [-0.15, -0.1) is 0 Å². The number of fused-ring (bicyclic) bond motifs is 1. The fraction of sp³-hybridized carbons (Fsp3) is 0.350. The number of nitrogens with one attached hydrogen (secondary N) is 1. The van der Waals surface area contributed by atoms with E-state index >= 15 is 0 Å². The van der Waals surface area contributed by atoms with Crippen LogP contribution >= 0.6 is 11.6 Å². The van der Waals surface area contributed by atoms with Gasteiger partial charge in [0.2, 0.25) is 10.0 Å². The molecule has 0 unspecified atom stereocenters. The van der Waals surface area contributed by atoms with Crippen LogP contribution in [0.5, 0.6) is 5.75 Å². The number of rotatable bonds is 5. The third-order valence-corrected chi connectivity index (χ3v) is 6.07. The van der Waals surface area contributed by atoms with Crippen molar-refractivity contribution < 1.29 is 17.9 Å². The molecule has 0 fully saturated rings. The van der Waals surface area contributed by atoms with Gasteiger partial charge in [-0.2, -0.15) is 0 Å². The van der Waals surface area contributed by atoms with Crippen molar-refractivity contribution in [2.75, 3.05) is 17.1 Å². The van der Waals surface area contributed by atoms with Crippen molar-refractivity contribution in [1.29, 1.82) is 0 Å². The maximum Gasteiger partial charge on any atom is 0.263 e. The molecule has 0 saturated heterocycles. The SMILES string of the molecule is CC[C@@H](NC(=O)[C@H]1CN(S(C)(=O)=O)c2cc(Cl)ccc2O1)c1ccc(C)cc1. The number of benzene rings is 2. The van der Waals surface area contributed by atoms with E-state index in [1.807, 2.05) is 38.1 Å². The number of anilines is 1. The molecular formula is C20H23ClN2O4S. The summed E-state index contributed by atoms with van der Waals surface area (Å²) in [4.78, 5) is 12.9. The average molecular weight is 423 g/mol. The van der Waals surface area contributed by atoms with Crippen molar-refractivity contribution in [1.82, 2.24) is 5.32 Å². The average Bonchev–Trinajstić information content (AvgIpc) is 2.65. The Bertz CT molecular complexity index is 976. The molecule has 0 aromatic heterocycles. The van der Waals surface area contributed by atoms with Crippen molar-refractivity contribution in [3.05, 3.63) is 58.6 Å². The molecule has 0 aliphatic carbocycles. The van der Waals surface area contributed by atoms with Crippen LogP contribution < -0.4 is 14.4 Å². The highest BCUT2D eigenvalue weighted by Gasteiger charge is 2.35. The van der Waals surface area contributed by atoms with Gasteiger partial charge in [-0.1, -0.05) is 48.4 Å². The van der Waals surface area contributed by atoms with E-state index in [-0.39, 0.29) is 18.5 Å². The zero-order valence-electron chi connectivity index (χ0n) is 16.0. The van der Waals surface area contributed by atoms with Crippen molar-refractivity contribution in [3.63, 3.8) is 0 Å². The topological polar surface area (TPSA) is 75.7 Å². The van der Waals surface area contributed by atoms with Crippen LogP contribution in [0.1, 0.15) is 30.5 Å². The minimum Gasteiger partial charge on any atom is -0.476 e. The first-order chi connectivity index (χ1) is 13.2. The quantitative estimate of drug-likeness (QED) is 0.800. The third-order valence-electron chi connectivity index (χ3n) is 4.69. The number of halogens is 1. The minimum atomic E-state index is -3.60. The van der Waals surface area contributed by atoms with Gasteiger partial charge in [-0.25, -0.2) is 8.42 Å². The number of carbonyl (C=O) groups is 1. The highest BCUT2D eigenvalue weighted by Crippen LogP contribution is 2.37. The molecule has 6 nitrogen and oxygen atoms in total. The summed E-state index contributed by atoms with van der Waals surface area (Å²) < 4.78 is 31.5. The van der Waals surface area contributed by atoms with Gasteiger partial charge >= 0.3 is 0 Å². The highest BCUT2D eigenvalue weighted by molar-refractivity contribution is 7.92. The summed E-state index contributed by atoms with van der Waals surface area (Å²) in [5, 5.41) is 3.37. The lowest BCUT2D eigenvalue weighted by Gasteiger charge is -2.34. The molecule has 0 saturated carbocycles. The van der Waals surface area contributed by atoms with Crippen LogP contribution in [0.4, 0.5) is 5.69 Å². The zero-order chi connectivity index (χ0) is 20.5. The van der Waals surface area contributed by atoms with Crippen LogP contribution in [0.2, 0.25) is 5.02 Å². The van der Waals surface area contributed by atoms with Crippen molar-refractivity contribution in [2.24, 2.45) is 0 Å². The summed E-state index contributed by atoms with van der Waals surface area (Å²) in [6.45, 7) is 3.87. The fourth-order valence-electron chi connectivity index (χ4n) is 3.16. The van der Waals surface area contributed by atoms with Crippen LogP contribution in [0, 0.1) is 6.92 Å². The summed E-state index contributed by atoms with van der Waals surface area (Å²) >= 11 is 6.00. The Kier molecular flexibility index (Phi) is 5.86. The van der Waals surface area contributed by atoms with E-state index in [0.717, 1.165) is 21.7 Å². The summed E-state index contributed by atoms with van der Waals surface area (Å²) in [6, 6.07) is 12.5. The van der Waals surface area contributed by atoms with Gasteiger partial charge in [0, 0.05) is 5.02 Å². The molecule has 0 bridgehead atoms. The van der Waals surface area contributed by atoms with Crippen LogP contribution in [0.25, 0.3) is 0 Å². The number of sulfonamides is 1. The second-order valence-corrected chi connectivity index (χ2v) is 9.24. The molecule has 1 amide bonds. The Morgan fingerprint density at radius 1 is 1.29 bits per heavy atom. The van der Waals surface area contributed by atoms with Gasteiger partial charge in [0.05, 0.1) is 24.5 Å². The van der Waals surface area contributed by atoms with E-state index in [4.69, 9.17) is 16.3 Å². The van der Waals surface area contributed by atoms with Gasteiger partial charge in [-0.3, -0.25) is 9.10 Å². The number of amides is 1. The standard InChI is InChI=1S/C20H23ClN2O4S/c1-4-16(14-7-5-13(2)6-8-14)22-20(24)19-12-23(28(3,25)26)17-11-15(21)9-10-18(17)27-19/h5-11,16,19H,4,12H2,1-3H3,(H,22,24)/t16-,19-/m1/s1. The summed E-state index contributed by atoms with van der Waals surface area (Å²) in [5.41, 5.74) is 2.47. The molecule has 0 spiro atoms. The number of ether oxygens (including phenoxy) is 1. The predicted molar refractivity (Wildman–Crippen MR) is 110 cm³/mol. The molecule has 28 heavy (non-hydrogen) atoms. The molecule has 2 aromatic rings. The van der Waals surface area contributed by atoms with E-state index in [1.54, 1.807) is 12.1 Å². The first-order valence-electron chi connectivity index (χ1n) is 9.00. The van der Waals surface area contributed by atoms with Gasteiger partial charge in [-0.05, 0) is 37.1 Å². The second kappa shape index (κ2) is 8.01. The van der Waals surface area contributed by atoms with E-state index in [0.29, 0.717) is 22.9 Å². The molecule has 8 heteroatoms. The van der Waals surface area contributed by atoms with Crippen molar-refractivity contribution >= 4 is 33.2 Å². The van der Waals surface area contributed by atoms with Crippen molar-refractivity contribution in [3.8, 4) is 5.75 Å². The van der Waals surface area contributed by atoms with E-state index in [1.165, 1.54) is 6.07 Å². The summed E-state index contributed by atoms with van der Waals surface area (Å²) in [7, 11) is -3.60. The van der Waals surface area contributed by atoms with Crippen LogP contribution in [0.15, 0.2) is 42.5 Å². The maximum atomic E-state index is 12.9. The summed E-state index contributed by atoms with van der Waals surface area (Å²) in [6.07, 6.45) is 0.839. The van der Waals surface area contributed by atoms with Gasteiger partial charge in [0.1, 0.15) is 5.75 Å². The fourth-order valence-corrected chi connectivity index (χ4v) is 4.23. The Balaban J connectivity index is 1.84. The number of carbonyl (C=O) groups excluding carboxylic acids is 1.